The van der Waals surface area contributed by atoms with Crippen molar-refractivity contribution in [3.63, 3.8) is 0 Å². The molecule has 2 atom stereocenters. The van der Waals surface area contributed by atoms with Crippen LogP contribution in [0.1, 0.15) is 13.3 Å². The lowest BCUT2D eigenvalue weighted by Gasteiger charge is -2.42. The van der Waals surface area contributed by atoms with Crippen LogP contribution in [0.3, 0.4) is 0 Å². The first-order chi connectivity index (χ1) is 14.1. The summed E-state index contributed by atoms with van der Waals surface area (Å²) in [5.41, 5.74) is -0.0125. The van der Waals surface area contributed by atoms with Gasteiger partial charge in [-0.1, -0.05) is 104 Å². The minimum atomic E-state index is -2.65. The van der Waals surface area contributed by atoms with E-state index < -0.39 is 21.1 Å². The second kappa shape index (κ2) is 9.71. The molecular weight excluding hydrogens is 373 g/mol. The molecule has 0 aliphatic carbocycles. The van der Waals surface area contributed by atoms with Gasteiger partial charge in [0.05, 0.1) is 6.07 Å². The van der Waals surface area contributed by atoms with Crippen LogP contribution in [0.4, 0.5) is 0 Å². The van der Waals surface area contributed by atoms with Gasteiger partial charge in [-0.05, 0) is 27.4 Å². The van der Waals surface area contributed by atoms with Crippen LogP contribution in [0, 0.1) is 17.2 Å². The van der Waals surface area contributed by atoms with E-state index in [2.05, 4.69) is 85.8 Å². The third-order valence-corrected chi connectivity index (χ3v) is 11.5. The maximum Gasteiger partial charge on any atom is 0.452 e. The number of hydrogen-bond donors (Lipinski definition) is 2. The lowest BCUT2D eigenvalue weighted by molar-refractivity contribution is 0.392. The Morgan fingerprint density at radius 2 is 1.17 bits per heavy atom. The van der Waals surface area contributed by atoms with Gasteiger partial charge in [-0.25, -0.2) is 0 Å². The zero-order chi connectivity index (χ0) is 20.7. The van der Waals surface area contributed by atoms with Crippen molar-refractivity contribution in [1.82, 2.24) is 0 Å². The van der Waals surface area contributed by atoms with Crippen molar-refractivity contribution >= 4 is 30.8 Å². The summed E-state index contributed by atoms with van der Waals surface area (Å²) in [5.74, 6) is -0.465. The van der Waals surface area contributed by atoms with Crippen molar-refractivity contribution < 1.29 is 10.0 Å². The van der Waals surface area contributed by atoms with Crippen molar-refractivity contribution in [3.05, 3.63) is 91.0 Å². The molecule has 0 radical (unpaired) electrons. The van der Waals surface area contributed by atoms with Crippen LogP contribution >= 0.6 is 0 Å². The molecule has 0 aliphatic rings. The monoisotopic (exact) mass is 399 g/mol. The van der Waals surface area contributed by atoms with Crippen LogP contribution in [0.5, 0.6) is 0 Å². The Morgan fingerprint density at radius 3 is 1.45 bits per heavy atom. The van der Waals surface area contributed by atoms with Gasteiger partial charge in [0.25, 0.3) is 0 Å². The van der Waals surface area contributed by atoms with Gasteiger partial charge in [-0.2, -0.15) is 5.26 Å². The quantitative estimate of drug-likeness (QED) is 0.452. The van der Waals surface area contributed by atoms with E-state index in [0.717, 1.165) is 6.42 Å². The van der Waals surface area contributed by atoms with Crippen LogP contribution in [-0.2, 0) is 0 Å². The van der Waals surface area contributed by atoms with Crippen molar-refractivity contribution in [2.75, 3.05) is 0 Å². The zero-order valence-corrected chi connectivity index (χ0v) is 17.6. The van der Waals surface area contributed by atoms with E-state index >= 15 is 0 Å². The zero-order valence-electron chi connectivity index (χ0n) is 16.6. The molecule has 5 heteroatoms. The highest BCUT2D eigenvalue weighted by Gasteiger charge is 2.49. The van der Waals surface area contributed by atoms with Gasteiger partial charge in [0, 0.05) is 5.92 Å². The first-order valence-electron chi connectivity index (χ1n) is 10.1. The van der Waals surface area contributed by atoms with E-state index in [9.17, 15) is 15.3 Å². The predicted molar refractivity (Wildman–Crippen MR) is 122 cm³/mol. The van der Waals surface area contributed by atoms with Gasteiger partial charge in [0.15, 0.2) is 8.07 Å². The van der Waals surface area contributed by atoms with E-state index in [1.165, 1.54) is 15.6 Å². The van der Waals surface area contributed by atoms with Crippen molar-refractivity contribution in [2.45, 2.75) is 25.2 Å². The minimum absolute atomic E-state index is 0.0125. The highest BCUT2D eigenvalue weighted by molar-refractivity contribution is 7.12. The maximum absolute atomic E-state index is 10.0. The summed E-state index contributed by atoms with van der Waals surface area (Å²) in [6, 6.07) is 33.8. The fourth-order valence-corrected chi connectivity index (χ4v) is 10.5. The van der Waals surface area contributed by atoms with Crippen molar-refractivity contribution in [2.24, 2.45) is 5.92 Å². The average Bonchev–Trinajstić information content (AvgIpc) is 2.78. The highest BCUT2D eigenvalue weighted by atomic mass is 28.3. The maximum atomic E-state index is 10.0. The summed E-state index contributed by atoms with van der Waals surface area (Å²) < 4.78 is 0. The Bertz CT molecular complexity index is 833. The first-order valence-corrected chi connectivity index (χ1v) is 12.1. The van der Waals surface area contributed by atoms with E-state index in [-0.39, 0.29) is 11.9 Å². The molecule has 0 saturated carbocycles. The number of benzene rings is 3. The molecule has 0 amide bonds. The second-order valence-electron chi connectivity index (χ2n) is 7.37. The molecule has 0 saturated heterocycles. The van der Waals surface area contributed by atoms with E-state index in [1.54, 1.807) is 0 Å². The fraction of sp³-hybridized carbons (Fsp3) is 0.208. The normalized spacial score (nSPS) is 13.3. The van der Waals surface area contributed by atoms with Crippen LogP contribution in [0.15, 0.2) is 91.0 Å². The lowest BCUT2D eigenvalue weighted by Crippen LogP contribution is -2.70. The topological polar surface area (TPSA) is 64.2 Å². The molecule has 2 N–H and O–H groups in total. The molecule has 0 bridgehead atoms. The summed E-state index contributed by atoms with van der Waals surface area (Å²) in [4.78, 5) is 0. The van der Waals surface area contributed by atoms with Gasteiger partial charge >= 0.3 is 7.12 Å². The van der Waals surface area contributed by atoms with Crippen LogP contribution in [-0.4, -0.2) is 25.2 Å². The third kappa shape index (κ3) is 4.20. The summed E-state index contributed by atoms with van der Waals surface area (Å²) in [6.45, 7) is 2.11. The number of nitriles is 1. The van der Waals surface area contributed by atoms with Gasteiger partial charge in [0.1, 0.15) is 0 Å². The summed E-state index contributed by atoms with van der Waals surface area (Å²) >= 11 is 0. The lowest BCUT2D eigenvalue weighted by atomic mass is 9.77. The van der Waals surface area contributed by atoms with E-state index in [4.69, 9.17) is 0 Å². The average molecular weight is 399 g/mol. The van der Waals surface area contributed by atoms with Gasteiger partial charge < -0.3 is 10.0 Å². The molecule has 3 nitrogen and oxygen atoms in total. The highest BCUT2D eigenvalue weighted by Crippen LogP contribution is 2.35. The minimum Gasteiger partial charge on any atom is -0.427 e. The predicted octanol–water partition coefficient (Wildman–Crippen LogP) is 2.55. The Balaban J connectivity index is 2.37. The number of rotatable bonds is 8. The van der Waals surface area contributed by atoms with Crippen LogP contribution in [0.2, 0.25) is 11.9 Å². The van der Waals surface area contributed by atoms with E-state index in [0.29, 0.717) is 0 Å². The van der Waals surface area contributed by atoms with Gasteiger partial charge in [-0.15, -0.1) is 0 Å². The molecule has 3 rings (SSSR count). The molecule has 3 aromatic carbocycles. The molecule has 3 aromatic rings. The van der Waals surface area contributed by atoms with Crippen LogP contribution in [0.25, 0.3) is 0 Å². The summed E-state index contributed by atoms with van der Waals surface area (Å²) in [6.07, 6.45) is 0.826. The first kappa shape index (κ1) is 21.1. The molecule has 0 aliphatic heterocycles. The summed E-state index contributed by atoms with van der Waals surface area (Å²) in [5, 5.41) is 33.1. The Labute approximate surface area is 174 Å². The SMILES string of the molecule is CCC(C(C#N)CB(O)O)[Si](c1ccccc1)(c1ccccc1)c1ccccc1. The second-order valence-corrected chi connectivity index (χ2v) is 11.5. The molecule has 146 valence electrons. The molecule has 0 fully saturated rings. The molecule has 0 aromatic heterocycles. The smallest absolute Gasteiger partial charge is 0.427 e. The van der Waals surface area contributed by atoms with Crippen LogP contribution < -0.4 is 15.6 Å². The van der Waals surface area contributed by atoms with E-state index in [1.807, 2.05) is 18.2 Å². The number of hydrogen-bond acceptors (Lipinski definition) is 3. The molecule has 0 heterocycles. The standard InChI is InChI=1S/C24H26BNO2Si/c1-2-24(20(19-26)18-25(27)28)29(21-12-6-3-7-13-21,22-14-8-4-9-15-22)23-16-10-5-11-17-23/h3-17,20,24,27-28H,2,18H2,1H3. The Morgan fingerprint density at radius 1 is 0.793 bits per heavy atom. The third-order valence-electron chi connectivity index (χ3n) is 5.80. The largest absolute Gasteiger partial charge is 0.452 e. The molecule has 2 unspecified atom stereocenters. The number of nitrogens with zero attached hydrogens (tertiary/aromatic N) is 1. The Kier molecular flexibility index (Phi) is 7.05. The van der Waals surface area contributed by atoms with Gasteiger partial charge in [-0.3, -0.25) is 0 Å². The molecule has 0 spiro atoms. The molecular formula is C24H26BNO2Si. The van der Waals surface area contributed by atoms with Gasteiger partial charge in [0.2, 0.25) is 0 Å². The fourth-order valence-electron chi connectivity index (χ4n) is 4.67. The molecule has 29 heavy (non-hydrogen) atoms. The van der Waals surface area contributed by atoms with Crippen molar-refractivity contribution in [1.29, 1.82) is 5.26 Å². The van der Waals surface area contributed by atoms with Crippen molar-refractivity contribution in [3.8, 4) is 6.07 Å². The summed E-state index contributed by atoms with van der Waals surface area (Å²) in [7, 11) is -4.15. The Hall–Kier alpha value is -2.65.